The molecule has 1 heterocycles. The van der Waals surface area contributed by atoms with Crippen molar-refractivity contribution in [2.45, 2.75) is 34.0 Å². The molecule has 0 radical (unpaired) electrons. The van der Waals surface area contributed by atoms with Gasteiger partial charge in [-0.1, -0.05) is 13.8 Å². The van der Waals surface area contributed by atoms with Crippen molar-refractivity contribution in [2.24, 2.45) is 11.3 Å². The van der Waals surface area contributed by atoms with Crippen LogP contribution in [0.2, 0.25) is 0 Å². The molecule has 1 fully saturated rings. The quantitative estimate of drug-likeness (QED) is 0.672. The zero-order valence-electron chi connectivity index (χ0n) is 9.40. The summed E-state index contributed by atoms with van der Waals surface area (Å²) >= 11 is 0. The lowest BCUT2D eigenvalue weighted by Crippen LogP contribution is -2.35. The molecule has 0 spiro atoms. The minimum Gasteiger partial charge on any atom is -0.426 e. The summed E-state index contributed by atoms with van der Waals surface area (Å²) < 4.78 is 14.1. The van der Waals surface area contributed by atoms with Gasteiger partial charge in [-0.2, -0.15) is 0 Å². The van der Waals surface area contributed by atoms with E-state index in [4.69, 9.17) is 4.74 Å². The summed E-state index contributed by atoms with van der Waals surface area (Å²) in [5.74, 6) is -0.246. The second-order valence-corrected chi connectivity index (χ2v) is 4.39. The van der Waals surface area contributed by atoms with Crippen LogP contribution in [0, 0.1) is 11.3 Å². The van der Waals surface area contributed by atoms with Gasteiger partial charge in [0.1, 0.15) is 0 Å². The smallest absolute Gasteiger partial charge is 0.426 e. The molecule has 0 saturated carbocycles. The summed E-state index contributed by atoms with van der Waals surface area (Å²) in [5.41, 5.74) is -0.602. The maximum atomic E-state index is 11.7. The van der Waals surface area contributed by atoms with Crippen molar-refractivity contribution in [3.8, 4) is 0 Å². The Morgan fingerprint density at radius 1 is 1.53 bits per heavy atom. The Hall–Kier alpha value is -1.26. The van der Waals surface area contributed by atoms with Gasteiger partial charge in [0.2, 0.25) is 0 Å². The number of cyclic esters (lactones) is 2. The van der Waals surface area contributed by atoms with E-state index >= 15 is 0 Å². The lowest BCUT2D eigenvalue weighted by Gasteiger charge is -2.27. The first-order chi connectivity index (χ1) is 6.84. The number of carbonyl (C=O) groups excluding carboxylic acids is 2. The van der Waals surface area contributed by atoms with Crippen molar-refractivity contribution < 1.29 is 23.8 Å². The van der Waals surface area contributed by atoms with Gasteiger partial charge in [0, 0.05) is 0 Å². The zero-order chi connectivity index (χ0) is 11.6. The van der Waals surface area contributed by atoms with Crippen molar-refractivity contribution in [2.75, 3.05) is 6.61 Å². The number of esters is 1. The van der Waals surface area contributed by atoms with Crippen LogP contribution in [-0.4, -0.2) is 25.0 Å². The highest BCUT2D eigenvalue weighted by molar-refractivity contribution is 5.76. The van der Waals surface area contributed by atoms with E-state index in [1.165, 1.54) is 0 Å². The first-order valence-electron chi connectivity index (χ1n) is 4.88. The van der Waals surface area contributed by atoms with Gasteiger partial charge in [-0.15, -0.1) is 0 Å². The van der Waals surface area contributed by atoms with Crippen LogP contribution in [0.5, 0.6) is 0 Å². The molecule has 0 aliphatic carbocycles. The van der Waals surface area contributed by atoms with Crippen molar-refractivity contribution in [1.82, 2.24) is 0 Å². The molecule has 0 aromatic rings. The Morgan fingerprint density at radius 2 is 2.13 bits per heavy atom. The molecule has 5 nitrogen and oxygen atoms in total. The van der Waals surface area contributed by atoms with Gasteiger partial charge in [-0.05, 0) is 19.8 Å². The standard InChI is InChI=1S/C10H16O5/c1-6(2)10(3,4)8(11)14-7-5-13-9(12)15-7/h6-7H,5H2,1-4H3. The largest absolute Gasteiger partial charge is 0.511 e. The van der Waals surface area contributed by atoms with Crippen LogP contribution in [0.3, 0.4) is 0 Å². The maximum Gasteiger partial charge on any atom is 0.511 e. The van der Waals surface area contributed by atoms with Gasteiger partial charge in [-0.25, -0.2) is 4.79 Å². The monoisotopic (exact) mass is 216 g/mol. The molecule has 1 rings (SSSR count). The van der Waals surface area contributed by atoms with Crippen LogP contribution in [0.1, 0.15) is 27.7 Å². The molecule has 1 unspecified atom stereocenters. The van der Waals surface area contributed by atoms with E-state index in [9.17, 15) is 9.59 Å². The van der Waals surface area contributed by atoms with Crippen LogP contribution < -0.4 is 0 Å². The van der Waals surface area contributed by atoms with Gasteiger partial charge in [0.05, 0.1) is 5.41 Å². The average molecular weight is 216 g/mol. The van der Waals surface area contributed by atoms with Crippen molar-refractivity contribution in [1.29, 1.82) is 0 Å². The molecule has 0 aromatic carbocycles. The van der Waals surface area contributed by atoms with E-state index in [0.29, 0.717) is 0 Å². The Bertz CT molecular complexity index is 269. The fourth-order valence-corrected chi connectivity index (χ4v) is 0.876. The fraction of sp³-hybridized carbons (Fsp3) is 0.800. The third-order valence-corrected chi connectivity index (χ3v) is 2.77. The number of carbonyl (C=O) groups is 2. The summed E-state index contributed by atoms with van der Waals surface area (Å²) in [6.45, 7) is 7.41. The summed E-state index contributed by atoms with van der Waals surface area (Å²) in [4.78, 5) is 22.3. The number of rotatable bonds is 3. The van der Waals surface area contributed by atoms with Crippen LogP contribution in [0.25, 0.3) is 0 Å². The molecule has 1 atom stereocenters. The third kappa shape index (κ3) is 2.61. The zero-order valence-corrected chi connectivity index (χ0v) is 9.40. The first kappa shape index (κ1) is 11.8. The summed E-state index contributed by atoms with van der Waals surface area (Å²) in [6.07, 6.45) is -1.70. The summed E-state index contributed by atoms with van der Waals surface area (Å²) in [6, 6.07) is 0. The van der Waals surface area contributed by atoms with Crippen LogP contribution >= 0.6 is 0 Å². The topological polar surface area (TPSA) is 61.8 Å². The van der Waals surface area contributed by atoms with Gasteiger partial charge in [0.25, 0.3) is 6.29 Å². The molecule has 1 aliphatic heterocycles. The second-order valence-electron chi connectivity index (χ2n) is 4.39. The highest BCUT2D eigenvalue weighted by Crippen LogP contribution is 2.28. The van der Waals surface area contributed by atoms with E-state index in [1.54, 1.807) is 13.8 Å². The molecular formula is C10H16O5. The second kappa shape index (κ2) is 4.08. The van der Waals surface area contributed by atoms with Gasteiger partial charge in [0.15, 0.2) is 6.61 Å². The molecular weight excluding hydrogens is 200 g/mol. The highest BCUT2D eigenvalue weighted by Gasteiger charge is 2.37. The lowest BCUT2D eigenvalue weighted by atomic mass is 9.81. The lowest BCUT2D eigenvalue weighted by molar-refractivity contribution is -0.176. The SMILES string of the molecule is CC(C)C(C)(C)C(=O)OC1COC(=O)O1. The predicted octanol–water partition coefficient (Wildman–Crippen LogP) is 1.70. The van der Waals surface area contributed by atoms with E-state index in [0.717, 1.165) is 0 Å². The van der Waals surface area contributed by atoms with Gasteiger partial charge in [-0.3, -0.25) is 4.79 Å². The molecule has 0 amide bonds. The first-order valence-corrected chi connectivity index (χ1v) is 4.88. The van der Waals surface area contributed by atoms with Crippen LogP contribution in [0.4, 0.5) is 4.79 Å². The third-order valence-electron chi connectivity index (χ3n) is 2.77. The highest BCUT2D eigenvalue weighted by atomic mass is 16.8. The minimum absolute atomic E-state index is 0.0290. The predicted molar refractivity (Wildman–Crippen MR) is 50.9 cm³/mol. The summed E-state index contributed by atoms with van der Waals surface area (Å²) in [5, 5.41) is 0. The van der Waals surface area contributed by atoms with Crippen molar-refractivity contribution in [3.63, 3.8) is 0 Å². The van der Waals surface area contributed by atoms with E-state index in [1.807, 2.05) is 13.8 Å². The molecule has 1 saturated heterocycles. The molecule has 5 heteroatoms. The molecule has 0 N–H and O–H groups in total. The molecule has 0 bridgehead atoms. The van der Waals surface area contributed by atoms with Crippen LogP contribution in [-0.2, 0) is 19.0 Å². The molecule has 15 heavy (non-hydrogen) atoms. The Morgan fingerprint density at radius 3 is 2.53 bits per heavy atom. The Balaban J connectivity index is 2.52. The molecule has 0 aromatic heterocycles. The van der Waals surface area contributed by atoms with Crippen molar-refractivity contribution >= 4 is 12.1 Å². The Labute approximate surface area is 88.7 Å². The van der Waals surface area contributed by atoms with Crippen molar-refractivity contribution in [3.05, 3.63) is 0 Å². The minimum atomic E-state index is -0.900. The van der Waals surface area contributed by atoms with E-state index in [2.05, 4.69) is 9.47 Å². The normalized spacial score (nSPS) is 21.1. The number of hydrogen-bond acceptors (Lipinski definition) is 5. The van der Waals surface area contributed by atoms with Gasteiger partial charge >= 0.3 is 12.1 Å². The molecule has 86 valence electrons. The maximum absolute atomic E-state index is 11.7. The number of ether oxygens (including phenoxy) is 3. The van der Waals surface area contributed by atoms with E-state index < -0.39 is 17.9 Å². The van der Waals surface area contributed by atoms with E-state index in [-0.39, 0.29) is 18.5 Å². The molecule has 1 aliphatic rings. The fourth-order valence-electron chi connectivity index (χ4n) is 0.876. The van der Waals surface area contributed by atoms with Gasteiger partial charge < -0.3 is 14.2 Å². The Kier molecular flexibility index (Phi) is 3.21. The summed E-state index contributed by atoms with van der Waals surface area (Å²) in [7, 11) is 0. The van der Waals surface area contributed by atoms with Crippen LogP contribution in [0.15, 0.2) is 0 Å². The average Bonchev–Trinajstić information content (AvgIpc) is 2.50. The number of hydrogen-bond donors (Lipinski definition) is 0.